The molecule has 0 spiro atoms. The second-order valence-corrected chi connectivity index (χ2v) is 5.94. The second-order valence-electron chi connectivity index (χ2n) is 2.61. The molecule has 0 bridgehead atoms. The number of aromatic nitrogens is 1. The van der Waals surface area contributed by atoms with E-state index in [4.69, 9.17) is 0 Å². The van der Waals surface area contributed by atoms with Crippen molar-refractivity contribution < 1.29 is 0 Å². The summed E-state index contributed by atoms with van der Waals surface area (Å²) >= 11 is 8.58. The van der Waals surface area contributed by atoms with Gasteiger partial charge in [0.05, 0.1) is 4.47 Å². The summed E-state index contributed by atoms with van der Waals surface area (Å²) in [5.74, 6) is 0. The highest BCUT2D eigenvalue weighted by Crippen LogP contribution is 2.29. The SMILES string of the molecule is CC(C)Sc1ncc(Br)cc1Br. The van der Waals surface area contributed by atoms with Crippen molar-refractivity contribution >= 4 is 43.6 Å². The molecule has 0 aliphatic heterocycles. The molecule has 1 aromatic rings. The fourth-order valence-electron chi connectivity index (χ4n) is 0.712. The van der Waals surface area contributed by atoms with Crippen LogP contribution in [0.15, 0.2) is 26.2 Å². The van der Waals surface area contributed by atoms with Crippen LogP contribution in [0.2, 0.25) is 0 Å². The van der Waals surface area contributed by atoms with E-state index in [0.29, 0.717) is 5.25 Å². The molecule has 0 unspecified atom stereocenters. The molecular weight excluding hydrogens is 302 g/mol. The van der Waals surface area contributed by atoms with Gasteiger partial charge in [0.2, 0.25) is 0 Å². The quantitative estimate of drug-likeness (QED) is 0.763. The Kier molecular flexibility index (Phi) is 4.06. The Morgan fingerprint density at radius 3 is 2.58 bits per heavy atom. The summed E-state index contributed by atoms with van der Waals surface area (Å²) in [5.41, 5.74) is 0. The predicted molar refractivity (Wildman–Crippen MR) is 60.6 cm³/mol. The third kappa shape index (κ3) is 3.07. The zero-order valence-corrected chi connectivity index (χ0v) is 10.8. The average molecular weight is 311 g/mol. The van der Waals surface area contributed by atoms with Gasteiger partial charge in [-0.05, 0) is 37.9 Å². The Hall–Kier alpha value is 0.460. The smallest absolute Gasteiger partial charge is 0.110 e. The van der Waals surface area contributed by atoms with Crippen molar-refractivity contribution in [2.45, 2.75) is 24.1 Å². The summed E-state index contributed by atoms with van der Waals surface area (Å²) < 4.78 is 2.05. The van der Waals surface area contributed by atoms with Gasteiger partial charge in [-0.15, -0.1) is 11.8 Å². The third-order valence-corrected chi connectivity index (χ3v) is 3.44. The lowest BCUT2D eigenvalue weighted by molar-refractivity contribution is 1.05. The van der Waals surface area contributed by atoms with Gasteiger partial charge in [0.1, 0.15) is 5.03 Å². The van der Waals surface area contributed by atoms with E-state index in [1.165, 1.54) is 0 Å². The molecule has 4 heteroatoms. The second kappa shape index (κ2) is 4.63. The van der Waals surface area contributed by atoms with Crippen molar-refractivity contribution in [3.8, 4) is 0 Å². The lowest BCUT2D eigenvalue weighted by Gasteiger charge is -2.05. The largest absolute Gasteiger partial charge is 0.248 e. The van der Waals surface area contributed by atoms with E-state index in [1.807, 2.05) is 12.3 Å². The summed E-state index contributed by atoms with van der Waals surface area (Å²) in [5, 5.41) is 1.61. The van der Waals surface area contributed by atoms with E-state index in [0.717, 1.165) is 14.0 Å². The summed E-state index contributed by atoms with van der Waals surface area (Å²) in [7, 11) is 0. The van der Waals surface area contributed by atoms with Crippen LogP contribution in [0.4, 0.5) is 0 Å². The number of halogens is 2. The van der Waals surface area contributed by atoms with Crippen molar-refractivity contribution in [1.82, 2.24) is 4.98 Å². The number of hydrogen-bond acceptors (Lipinski definition) is 2. The Labute approximate surface area is 93.6 Å². The van der Waals surface area contributed by atoms with E-state index in [1.54, 1.807) is 11.8 Å². The normalized spacial score (nSPS) is 10.8. The molecule has 0 N–H and O–H groups in total. The van der Waals surface area contributed by atoms with Gasteiger partial charge in [-0.1, -0.05) is 13.8 Å². The fraction of sp³-hybridized carbons (Fsp3) is 0.375. The molecule has 12 heavy (non-hydrogen) atoms. The number of nitrogens with zero attached hydrogens (tertiary/aromatic N) is 1. The molecule has 0 aliphatic carbocycles. The Morgan fingerprint density at radius 2 is 2.08 bits per heavy atom. The van der Waals surface area contributed by atoms with Crippen LogP contribution in [0.1, 0.15) is 13.8 Å². The van der Waals surface area contributed by atoms with Crippen LogP contribution in [0, 0.1) is 0 Å². The number of rotatable bonds is 2. The van der Waals surface area contributed by atoms with Crippen LogP contribution in [0.25, 0.3) is 0 Å². The topological polar surface area (TPSA) is 12.9 Å². The standard InChI is InChI=1S/C8H9Br2NS/c1-5(2)12-8-7(10)3-6(9)4-11-8/h3-5H,1-2H3. The molecule has 0 saturated heterocycles. The van der Waals surface area contributed by atoms with Gasteiger partial charge in [0, 0.05) is 15.9 Å². The van der Waals surface area contributed by atoms with E-state index in [2.05, 4.69) is 50.7 Å². The van der Waals surface area contributed by atoms with Crippen molar-refractivity contribution in [2.24, 2.45) is 0 Å². The minimum Gasteiger partial charge on any atom is -0.248 e. The van der Waals surface area contributed by atoms with Crippen LogP contribution in [0.3, 0.4) is 0 Å². The summed E-state index contributed by atoms with van der Waals surface area (Å²) in [6.07, 6.45) is 1.81. The number of hydrogen-bond donors (Lipinski definition) is 0. The molecule has 66 valence electrons. The Balaban J connectivity index is 2.86. The van der Waals surface area contributed by atoms with Gasteiger partial charge < -0.3 is 0 Å². The lowest BCUT2D eigenvalue weighted by atomic mass is 10.5. The van der Waals surface area contributed by atoms with Gasteiger partial charge in [-0.3, -0.25) is 0 Å². The van der Waals surface area contributed by atoms with E-state index >= 15 is 0 Å². The molecule has 0 atom stereocenters. The van der Waals surface area contributed by atoms with E-state index in [9.17, 15) is 0 Å². The first-order valence-electron chi connectivity index (χ1n) is 3.57. The van der Waals surface area contributed by atoms with Gasteiger partial charge in [-0.25, -0.2) is 4.98 Å². The molecule has 1 heterocycles. The first kappa shape index (κ1) is 10.5. The highest BCUT2D eigenvalue weighted by atomic mass is 79.9. The molecule has 0 aliphatic rings. The molecule has 0 amide bonds. The number of pyridine rings is 1. The predicted octanol–water partition coefficient (Wildman–Crippen LogP) is 4.11. The van der Waals surface area contributed by atoms with E-state index < -0.39 is 0 Å². The van der Waals surface area contributed by atoms with Crippen LogP contribution in [-0.4, -0.2) is 10.2 Å². The zero-order valence-electron chi connectivity index (χ0n) is 6.84. The Morgan fingerprint density at radius 1 is 1.42 bits per heavy atom. The summed E-state index contributed by atoms with van der Waals surface area (Å²) in [6.45, 7) is 4.31. The minimum absolute atomic E-state index is 0.565. The maximum Gasteiger partial charge on any atom is 0.110 e. The Bertz CT molecular complexity index is 276. The van der Waals surface area contributed by atoms with Crippen LogP contribution >= 0.6 is 43.6 Å². The molecule has 0 aromatic carbocycles. The van der Waals surface area contributed by atoms with Gasteiger partial charge in [0.15, 0.2) is 0 Å². The van der Waals surface area contributed by atoms with Gasteiger partial charge in [0.25, 0.3) is 0 Å². The fourth-order valence-corrected chi connectivity index (χ4v) is 2.71. The van der Waals surface area contributed by atoms with Gasteiger partial charge >= 0.3 is 0 Å². The molecule has 0 fully saturated rings. The molecule has 0 saturated carbocycles. The lowest BCUT2D eigenvalue weighted by Crippen LogP contribution is -1.89. The molecular formula is C8H9Br2NS. The van der Waals surface area contributed by atoms with Crippen LogP contribution < -0.4 is 0 Å². The molecule has 1 rings (SSSR count). The van der Waals surface area contributed by atoms with Crippen molar-refractivity contribution in [2.75, 3.05) is 0 Å². The average Bonchev–Trinajstić information content (AvgIpc) is 1.94. The minimum atomic E-state index is 0.565. The molecule has 1 aromatic heterocycles. The summed E-state index contributed by atoms with van der Waals surface area (Å²) in [4.78, 5) is 4.29. The van der Waals surface area contributed by atoms with Gasteiger partial charge in [-0.2, -0.15) is 0 Å². The third-order valence-electron chi connectivity index (χ3n) is 1.12. The molecule has 0 radical (unpaired) electrons. The van der Waals surface area contributed by atoms with Crippen molar-refractivity contribution in [3.05, 3.63) is 21.2 Å². The first-order valence-corrected chi connectivity index (χ1v) is 6.04. The van der Waals surface area contributed by atoms with Crippen molar-refractivity contribution in [1.29, 1.82) is 0 Å². The van der Waals surface area contributed by atoms with Crippen LogP contribution in [0.5, 0.6) is 0 Å². The molecule has 1 nitrogen and oxygen atoms in total. The first-order chi connectivity index (χ1) is 5.59. The van der Waals surface area contributed by atoms with Crippen molar-refractivity contribution in [3.63, 3.8) is 0 Å². The maximum absolute atomic E-state index is 4.29. The monoisotopic (exact) mass is 309 g/mol. The zero-order chi connectivity index (χ0) is 9.14. The van der Waals surface area contributed by atoms with E-state index in [-0.39, 0.29) is 0 Å². The highest BCUT2D eigenvalue weighted by molar-refractivity contribution is 9.11. The highest BCUT2D eigenvalue weighted by Gasteiger charge is 2.04. The van der Waals surface area contributed by atoms with Crippen LogP contribution in [-0.2, 0) is 0 Å². The number of thioether (sulfide) groups is 1. The maximum atomic E-state index is 4.29. The summed E-state index contributed by atoms with van der Waals surface area (Å²) in [6, 6.07) is 2.01.